The molecule has 1 aliphatic rings. The molecule has 0 aromatic heterocycles. The zero-order valence-corrected chi connectivity index (χ0v) is 8.68. The Morgan fingerprint density at radius 1 is 1.29 bits per heavy atom. The minimum absolute atomic E-state index is 0.684. The molecule has 76 valence electrons. The number of fused-ring (bicyclic) bond motifs is 1. The molecule has 2 heteroatoms. The van der Waals surface area contributed by atoms with Gasteiger partial charge in [0.25, 0.3) is 0 Å². The summed E-state index contributed by atoms with van der Waals surface area (Å²) in [6, 6.07) is 4.17. The van der Waals surface area contributed by atoms with Gasteiger partial charge in [0.05, 0.1) is 12.3 Å². The van der Waals surface area contributed by atoms with Crippen molar-refractivity contribution in [3.63, 3.8) is 0 Å². The lowest BCUT2D eigenvalue weighted by atomic mass is 9.90. The summed E-state index contributed by atoms with van der Waals surface area (Å²) in [5.74, 6) is 0.855. The first-order chi connectivity index (χ1) is 6.83. The third-order valence-corrected chi connectivity index (χ3v) is 2.84. The van der Waals surface area contributed by atoms with E-state index in [1.165, 1.54) is 30.4 Å². The fraction of sp³-hybridized carbons (Fsp3) is 0.500. The number of aryl methyl sites for hydroxylation is 1. The predicted octanol–water partition coefficient (Wildman–Crippen LogP) is 2.55. The number of hydrogen-bond acceptors (Lipinski definition) is 2. The zero-order chi connectivity index (χ0) is 9.97. The van der Waals surface area contributed by atoms with Gasteiger partial charge in [0.2, 0.25) is 0 Å². The Balaban J connectivity index is 2.38. The van der Waals surface area contributed by atoms with Crippen molar-refractivity contribution in [2.24, 2.45) is 0 Å². The van der Waals surface area contributed by atoms with Crippen LogP contribution in [0.15, 0.2) is 12.1 Å². The van der Waals surface area contributed by atoms with Gasteiger partial charge in [-0.15, -0.1) is 0 Å². The van der Waals surface area contributed by atoms with Crippen LogP contribution in [0.1, 0.15) is 30.9 Å². The van der Waals surface area contributed by atoms with E-state index in [4.69, 9.17) is 10.5 Å². The van der Waals surface area contributed by atoms with E-state index in [-0.39, 0.29) is 0 Å². The molecule has 0 spiro atoms. The molecule has 0 unspecified atom stereocenters. The van der Waals surface area contributed by atoms with Crippen LogP contribution in [-0.2, 0) is 12.8 Å². The molecule has 1 aliphatic carbocycles. The van der Waals surface area contributed by atoms with Crippen LogP contribution < -0.4 is 10.5 Å². The normalized spacial score (nSPS) is 14.9. The zero-order valence-electron chi connectivity index (χ0n) is 8.68. The SMILES string of the molecule is CCOc1ccc2c(c1N)CCCC2. The lowest BCUT2D eigenvalue weighted by Gasteiger charge is -2.19. The summed E-state index contributed by atoms with van der Waals surface area (Å²) in [6.07, 6.45) is 4.83. The molecule has 14 heavy (non-hydrogen) atoms. The summed E-state index contributed by atoms with van der Waals surface area (Å²) in [5, 5.41) is 0. The Morgan fingerprint density at radius 3 is 2.86 bits per heavy atom. The minimum Gasteiger partial charge on any atom is -0.492 e. The van der Waals surface area contributed by atoms with E-state index in [9.17, 15) is 0 Å². The first-order valence-electron chi connectivity index (χ1n) is 5.36. The maximum atomic E-state index is 6.07. The van der Waals surface area contributed by atoms with E-state index in [1.807, 2.05) is 13.0 Å². The third kappa shape index (κ3) is 1.57. The topological polar surface area (TPSA) is 35.2 Å². The molecule has 0 bridgehead atoms. The van der Waals surface area contributed by atoms with E-state index in [0.29, 0.717) is 6.61 Å². The highest BCUT2D eigenvalue weighted by Crippen LogP contribution is 2.33. The van der Waals surface area contributed by atoms with Crippen LogP contribution in [0.5, 0.6) is 5.75 Å². The van der Waals surface area contributed by atoms with Crippen LogP contribution in [0, 0.1) is 0 Å². The smallest absolute Gasteiger partial charge is 0.142 e. The van der Waals surface area contributed by atoms with Crippen LogP contribution in [0.4, 0.5) is 5.69 Å². The van der Waals surface area contributed by atoms with Gasteiger partial charge < -0.3 is 10.5 Å². The van der Waals surface area contributed by atoms with Crippen molar-refractivity contribution in [3.05, 3.63) is 23.3 Å². The summed E-state index contributed by atoms with van der Waals surface area (Å²) in [4.78, 5) is 0. The summed E-state index contributed by atoms with van der Waals surface area (Å²) >= 11 is 0. The monoisotopic (exact) mass is 191 g/mol. The first kappa shape index (κ1) is 9.38. The second-order valence-electron chi connectivity index (χ2n) is 3.76. The number of hydrogen-bond donors (Lipinski definition) is 1. The standard InChI is InChI=1S/C12H17NO/c1-2-14-11-8-7-9-5-3-4-6-10(9)12(11)13/h7-8H,2-6,13H2,1H3. The van der Waals surface area contributed by atoms with Gasteiger partial charge in [0, 0.05) is 0 Å². The van der Waals surface area contributed by atoms with Crippen molar-refractivity contribution >= 4 is 5.69 Å². The first-order valence-corrected chi connectivity index (χ1v) is 5.36. The highest BCUT2D eigenvalue weighted by Gasteiger charge is 2.14. The van der Waals surface area contributed by atoms with Crippen molar-refractivity contribution in [3.8, 4) is 5.75 Å². The maximum absolute atomic E-state index is 6.07. The number of nitrogen functional groups attached to an aromatic ring is 1. The second-order valence-corrected chi connectivity index (χ2v) is 3.76. The van der Waals surface area contributed by atoms with Crippen LogP contribution >= 0.6 is 0 Å². The van der Waals surface area contributed by atoms with Gasteiger partial charge in [-0.25, -0.2) is 0 Å². The Morgan fingerprint density at radius 2 is 2.07 bits per heavy atom. The fourth-order valence-corrected chi connectivity index (χ4v) is 2.12. The Hall–Kier alpha value is -1.18. The molecular formula is C12H17NO. The van der Waals surface area contributed by atoms with Crippen molar-refractivity contribution in [1.29, 1.82) is 0 Å². The molecule has 0 saturated carbocycles. The van der Waals surface area contributed by atoms with Crippen LogP contribution in [-0.4, -0.2) is 6.61 Å². The predicted molar refractivity (Wildman–Crippen MR) is 58.7 cm³/mol. The molecule has 0 aliphatic heterocycles. The number of benzene rings is 1. The van der Waals surface area contributed by atoms with Gasteiger partial charge in [0.1, 0.15) is 5.75 Å². The lowest BCUT2D eigenvalue weighted by Crippen LogP contribution is -2.08. The number of nitrogens with two attached hydrogens (primary N) is 1. The third-order valence-electron chi connectivity index (χ3n) is 2.84. The molecule has 2 N–H and O–H groups in total. The molecule has 0 atom stereocenters. The van der Waals surface area contributed by atoms with E-state index < -0.39 is 0 Å². The molecule has 2 rings (SSSR count). The van der Waals surface area contributed by atoms with E-state index in [1.54, 1.807) is 0 Å². The summed E-state index contributed by atoms with van der Waals surface area (Å²) in [6.45, 7) is 2.67. The average Bonchev–Trinajstić information content (AvgIpc) is 2.23. The van der Waals surface area contributed by atoms with Crippen LogP contribution in [0.2, 0.25) is 0 Å². The van der Waals surface area contributed by atoms with Gasteiger partial charge in [-0.2, -0.15) is 0 Å². The molecule has 0 radical (unpaired) electrons. The fourth-order valence-electron chi connectivity index (χ4n) is 2.12. The molecule has 1 aromatic rings. The molecule has 2 nitrogen and oxygen atoms in total. The molecule has 0 amide bonds. The van der Waals surface area contributed by atoms with Gasteiger partial charge in [-0.1, -0.05) is 6.07 Å². The van der Waals surface area contributed by atoms with Gasteiger partial charge >= 0.3 is 0 Å². The van der Waals surface area contributed by atoms with Crippen LogP contribution in [0.25, 0.3) is 0 Å². The lowest BCUT2D eigenvalue weighted by molar-refractivity contribution is 0.341. The Bertz CT molecular complexity index is 333. The number of anilines is 1. The molecule has 0 heterocycles. The van der Waals surface area contributed by atoms with E-state index in [0.717, 1.165) is 17.9 Å². The van der Waals surface area contributed by atoms with E-state index in [2.05, 4.69) is 6.07 Å². The maximum Gasteiger partial charge on any atom is 0.142 e. The molecule has 1 aromatic carbocycles. The summed E-state index contributed by atoms with van der Waals surface area (Å²) in [7, 11) is 0. The number of rotatable bonds is 2. The Labute approximate surface area is 85.1 Å². The van der Waals surface area contributed by atoms with Crippen molar-refractivity contribution in [2.75, 3.05) is 12.3 Å². The number of ether oxygens (including phenoxy) is 1. The Kier molecular flexibility index (Phi) is 2.62. The minimum atomic E-state index is 0.684. The quantitative estimate of drug-likeness (QED) is 0.729. The van der Waals surface area contributed by atoms with Gasteiger partial charge in [-0.05, 0) is 49.8 Å². The average molecular weight is 191 g/mol. The van der Waals surface area contributed by atoms with Crippen molar-refractivity contribution in [1.82, 2.24) is 0 Å². The highest BCUT2D eigenvalue weighted by molar-refractivity contribution is 5.62. The summed E-state index contributed by atoms with van der Waals surface area (Å²) in [5.41, 5.74) is 9.67. The summed E-state index contributed by atoms with van der Waals surface area (Å²) < 4.78 is 5.48. The van der Waals surface area contributed by atoms with E-state index >= 15 is 0 Å². The van der Waals surface area contributed by atoms with Gasteiger partial charge in [-0.3, -0.25) is 0 Å². The molecule has 0 fully saturated rings. The molecular weight excluding hydrogens is 174 g/mol. The molecule has 0 saturated heterocycles. The highest BCUT2D eigenvalue weighted by atomic mass is 16.5. The van der Waals surface area contributed by atoms with Crippen molar-refractivity contribution in [2.45, 2.75) is 32.6 Å². The largest absolute Gasteiger partial charge is 0.492 e. The van der Waals surface area contributed by atoms with Crippen molar-refractivity contribution < 1.29 is 4.74 Å². The van der Waals surface area contributed by atoms with Crippen LogP contribution in [0.3, 0.4) is 0 Å². The van der Waals surface area contributed by atoms with Gasteiger partial charge in [0.15, 0.2) is 0 Å². The second kappa shape index (κ2) is 3.91.